The van der Waals surface area contributed by atoms with Gasteiger partial charge in [-0.3, -0.25) is 9.59 Å². The second-order valence-corrected chi connectivity index (χ2v) is 10.1. The van der Waals surface area contributed by atoms with Crippen LogP contribution in [0.5, 0.6) is 23.0 Å². The van der Waals surface area contributed by atoms with Crippen molar-refractivity contribution in [2.24, 2.45) is 5.10 Å². The molecule has 10 nitrogen and oxygen atoms in total. The Kier molecular flexibility index (Phi) is 10.4. The summed E-state index contributed by atoms with van der Waals surface area (Å²) in [4.78, 5) is 38.3. The number of esters is 1. The average Bonchev–Trinajstić information content (AvgIpc) is 3.01. The lowest BCUT2D eigenvalue weighted by molar-refractivity contribution is 0.0733. The Hall–Kier alpha value is -4.87. The van der Waals surface area contributed by atoms with E-state index in [-0.39, 0.29) is 22.8 Å². The molecular formula is C31H25BrClN3O7. The lowest BCUT2D eigenvalue weighted by atomic mass is 10.1. The molecule has 0 aromatic heterocycles. The van der Waals surface area contributed by atoms with Crippen LogP contribution in [0.15, 0.2) is 88.4 Å². The summed E-state index contributed by atoms with van der Waals surface area (Å²) in [5.41, 5.74) is 4.10. The Labute approximate surface area is 260 Å². The minimum atomic E-state index is -0.683. The summed E-state index contributed by atoms with van der Waals surface area (Å²) in [6.45, 7) is 0. The van der Waals surface area contributed by atoms with Gasteiger partial charge in [-0.1, -0.05) is 33.6 Å². The summed E-state index contributed by atoms with van der Waals surface area (Å²) < 4.78 is 22.3. The van der Waals surface area contributed by atoms with E-state index in [1.807, 2.05) is 0 Å². The van der Waals surface area contributed by atoms with Crippen molar-refractivity contribution < 1.29 is 33.3 Å². The minimum absolute atomic E-state index is 0.164. The fourth-order valence-corrected chi connectivity index (χ4v) is 4.34. The fourth-order valence-electron chi connectivity index (χ4n) is 3.84. The standard InChI is InChI=1S/C31H25BrClN3O7/c1-40-26-15-20(16-27(41-2)28(26)42-3)31(39)43-25-12-9-22(32)13-21(25)17-34-36-30(38)19-5-4-6-24(14-19)35-29(37)18-7-10-23(33)11-8-18/h4-17H,1-3H3,(H,35,37)(H,36,38). The van der Waals surface area contributed by atoms with Gasteiger partial charge in [0.05, 0.1) is 33.1 Å². The number of ether oxygens (including phenoxy) is 4. The van der Waals surface area contributed by atoms with Gasteiger partial charge in [0, 0.05) is 31.9 Å². The molecule has 0 fully saturated rings. The molecule has 2 N–H and O–H groups in total. The highest BCUT2D eigenvalue weighted by Gasteiger charge is 2.19. The van der Waals surface area contributed by atoms with Crippen LogP contribution >= 0.6 is 27.5 Å². The first kappa shape index (κ1) is 31.1. The van der Waals surface area contributed by atoms with Gasteiger partial charge in [-0.15, -0.1) is 0 Å². The molecule has 0 aliphatic heterocycles. The third-order valence-electron chi connectivity index (χ3n) is 5.93. The van der Waals surface area contributed by atoms with Crippen LogP contribution in [0.3, 0.4) is 0 Å². The first-order valence-corrected chi connectivity index (χ1v) is 13.7. The molecule has 0 heterocycles. The Bertz CT molecular complexity index is 1670. The zero-order valence-corrected chi connectivity index (χ0v) is 25.5. The molecule has 220 valence electrons. The van der Waals surface area contributed by atoms with Gasteiger partial charge in [0.2, 0.25) is 5.75 Å². The van der Waals surface area contributed by atoms with Gasteiger partial charge < -0.3 is 24.3 Å². The van der Waals surface area contributed by atoms with Crippen molar-refractivity contribution in [2.45, 2.75) is 0 Å². The second kappa shape index (κ2) is 14.3. The monoisotopic (exact) mass is 665 g/mol. The van der Waals surface area contributed by atoms with E-state index in [0.717, 1.165) is 0 Å². The van der Waals surface area contributed by atoms with E-state index in [9.17, 15) is 14.4 Å². The molecular weight excluding hydrogens is 642 g/mol. The normalized spacial score (nSPS) is 10.6. The molecule has 0 radical (unpaired) electrons. The number of anilines is 1. The van der Waals surface area contributed by atoms with E-state index >= 15 is 0 Å². The predicted octanol–water partition coefficient (Wildman–Crippen LogP) is 6.36. The third kappa shape index (κ3) is 7.91. The number of benzene rings is 4. The van der Waals surface area contributed by atoms with E-state index in [2.05, 4.69) is 31.8 Å². The quantitative estimate of drug-likeness (QED) is 0.0873. The number of halogens is 2. The van der Waals surface area contributed by atoms with Crippen molar-refractivity contribution in [3.63, 3.8) is 0 Å². The molecule has 0 saturated heterocycles. The molecule has 0 spiro atoms. The first-order valence-electron chi connectivity index (χ1n) is 12.5. The summed E-state index contributed by atoms with van der Waals surface area (Å²) in [6.07, 6.45) is 1.34. The number of nitrogens with zero attached hydrogens (tertiary/aromatic N) is 1. The Morgan fingerprint density at radius 1 is 0.767 bits per heavy atom. The number of methoxy groups -OCH3 is 3. The first-order chi connectivity index (χ1) is 20.7. The van der Waals surface area contributed by atoms with Gasteiger partial charge in [0.25, 0.3) is 11.8 Å². The largest absolute Gasteiger partial charge is 0.493 e. The van der Waals surface area contributed by atoms with Gasteiger partial charge >= 0.3 is 5.97 Å². The molecule has 0 bridgehead atoms. The molecule has 0 aliphatic carbocycles. The van der Waals surface area contributed by atoms with E-state index < -0.39 is 11.9 Å². The number of rotatable bonds is 10. The SMILES string of the molecule is COc1cc(C(=O)Oc2ccc(Br)cc2C=NNC(=O)c2cccc(NC(=O)c3ccc(Cl)cc3)c2)cc(OC)c1OC. The number of hydrogen-bond donors (Lipinski definition) is 2. The Morgan fingerprint density at radius 3 is 2.12 bits per heavy atom. The zero-order chi connectivity index (χ0) is 30.9. The van der Waals surface area contributed by atoms with E-state index in [4.69, 9.17) is 30.5 Å². The van der Waals surface area contributed by atoms with Gasteiger partial charge in [-0.25, -0.2) is 10.2 Å². The van der Waals surface area contributed by atoms with Crippen molar-refractivity contribution in [3.8, 4) is 23.0 Å². The molecule has 0 atom stereocenters. The summed E-state index contributed by atoms with van der Waals surface area (Å²) in [5.74, 6) is -0.446. The summed E-state index contributed by atoms with van der Waals surface area (Å²) >= 11 is 9.27. The molecule has 0 aliphatic rings. The summed E-state index contributed by atoms with van der Waals surface area (Å²) in [5, 5.41) is 7.29. The Morgan fingerprint density at radius 2 is 1.47 bits per heavy atom. The lowest BCUT2D eigenvalue weighted by Gasteiger charge is -2.14. The average molecular weight is 667 g/mol. The number of amides is 2. The van der Waals surface area contributed by atoms with E-state index in [0.29, 0.717) is 43.6 Å². The zero-order valence-electron chi connectivity index (χ0n) is 23.1. The van der Waals surface area contributed by atoms with Crippen LogP contribution < -0.4 is 29.7 Å². The van der Waals surface area contributed by atoms with E-state index in [1.54, 1.807) is 60.7 Å². The third-order valence-corrected chi connectivity index (χ3v) is 6.68. The topological polar surface area (TPSA) is 125 Å². The highest BCUT2D eigenvalue weighted by molar-refractivity contribution is 9.10. The highest BCUT2D eigenvalue weighted by atomic mass is 79.9. The summed E-state index contributed by atoms with van der Waals surface area (Å²) in [7, 11) is 4.34. The van der Waals surface area contributed by atoms with Crippen molar-refractivity contribution in [3.05, 3.63) is 111 Å². The fraction of sp³-hybridized carbons (Fsp3) is 0.0968. The van der Waals surface area contributed by atoms with Crippen LogP contribution in [-0.4, -0.2) is 45.3 Å². The molecule has 4 rings (SSSR count). The molecule has 2 amide bonds. The molecule has 12 heteroatoms. The number of carbonyl (C=O) groups is 3. The predicted molar refractivity (Wildman–Crippen MR) is 166 cm³/mol. The van der Waals surface area contributed by atoms with Crippen molar-refractivity contribution in [1.29, 1.82) is 0 Å². The maximum Gasteiger partial charge on any atom is 0.343 e. The van der Waals surface area contributed by atoms with Crippen LogP contribution in [0.2, 0.25) is 5.02 Å². The molecule has 4 aromatic carbocycles. The molecule has 0 saturated carbocycles. The smallest absolute Gasteiger partial charge is 0.343 e. The highest BCUT2D eigenvalue weighted by Crippen LogP contribution is 2.38. The number of carbonyl (C=O) groups excluding carboxylic acids is 3. The molecule has 43 heavy (non-hydrogen) atoms. The Balaban J connectivity index is 1.46. The molecule has 0 unspecified atom stereocenters. The van der Waals surface area contributed by atoms with Gasteiger partial charge in [0.15, 0.2) is 11.5 Å². The maximum atomic E-state index is 13.0. The van der Waals surface area contributed by atoms with Crippen LogP contribution in [0, 0.1) is 0 Å². The van der Waals surface area contributed by atoms with Crippen molar-refractivity contribution >= 4 is 57.2 Å². The van der Waals surface area contributed by atoms with Crippen LogP contribution in [0.1, 0.15) is 36.6 Å². The lowest BCUT2D eigenvalue weighted by Crippen LogP contribution is -2.18. The van der Waals surface area contributed by atoms with Gasteiger partial charge in [-0.05, 0) is 72.8 Å². The van der Waals surface area contributed by atoms with Gasteiger partial charge in [-0.2, -0.15) is 5.10 Å². The van der Waals surface area contributed by atoms with Crippen LogP contribution in [-0.2, 0) is 0 Å². The molecule has 4 aromatic rings. The van der Waals surface area contributed by atoms with Gasteiger partial charge in [0.1, 0.15) is 5.75 Å². The number of hydrazone groups is 1. The number of hydrogen-bond acceptors (Lipinski definition) is 8. The number of nitrogens with one attached hydrogen (secondary N) is 2. The van der Waals surface area contributed by atoms with E-state index in [1.165, 1.54) is 45.7 Å². The second-order valence-electron chi connectivity index (χ2n) is 8.73. The van der Waals surface area contributed by atoms with Crippen molar-refractivity contribution in [1.82, 2.24) is 5.43 Å². The maximum absolute atomic E-state index is 13.0. The van der Waals surface area contributed by atoms with Crippen molar-refractivity contribution in [2.75, 3.05) is 26.6 Å². The van der Waals surface area contributed by atoms with Crippen LogP contribution in [0.25, 0.3) is 0 Å². The minimum Gasteiger partial charge on any atom is -0.493 e. The van der Waals surface area contributed by atoms with Crippen LogP contribution in [0.4, 0.5) is 5.69 Å². The summed E-state index contributed by atoms with van der Waals surface area (Å²) in [6, 6.07) is 20.7.